The number of halogens is 1. The molecule has 1 unspecified atom stereocenters. The van der Waals surface area contributed by atoms with E-state index in [2.05, 4.69) is 0 Å². The summed E-state index contributed by atoms with van der Waals surface area (Å²) in [5, 5.41) is 0. The molecule has 19 heavy (non-hydrogen) atoms. The number of hydrogen-bond donors (Lipinski definition) is 0. The summed E-state index contributed by atoms with van der Waals surface area (Å²) < 4.78 is 42.4. The van der Waals surface area contributed by atoms with Crippen LogP contribution in [0.15, 0.2) is 0 Å². The molecule has 2 atom stereocenters. The fourth-order valence-corrected chi connectivity index (χ4v) is 2.92. The maximum atomic E-state index is 12.4. The van der Waals surface area contributed by atoms with Crippen molar-refractivity contribution >= 4 is 10.0 Å². The Balaban J connectivity index is 4.60. The van der Waals surface area contributed by atoms with Crippen LogP contribution in [-0.4, -0.2) is 51.0 Å². The zero-order valence-electron chi connectivity index (χ0n) is 12.9. The normalized spacial score (nSPS) is 16.6. The van der Waals surface area contributed by atoms with E-state index in [1.165, 1.54) is 10.6 Å². The first kappa shape index (κ1) is 18.8. The van der Waals surface area contributed by atoms with Crippen LogP contribution in [0, 0.1) is 5.92 Å². The van der Waals surface area contributed by atoms with Crippen LogP contribution >= 0.6 is 0 Å². The smallest absolute Gasteiger partial charge is 0.211 e. The Bertz CT molecular complexity index is 357. The van der Waals surface area contributed by atoms with E-state index in [4.69, 9.17) is 4.74 Å². The molecule has 0 rings (SSSR count). The van der Waals surface area contributed by atoms with Gasteiger partial charge in [-0.2, -0.15) is 4.31 Å². The maximum absolute atomic E-state index is 12.4. The molecule has 116 valence electrons. The molecule has 0 saturated heterocycles. The van der Waals surface area contributed by atoms with Gasteiger partial charge in [-0.3, -0.25) is 0 Å². The lowest BCUT2D eigenvalue weighted by atomic mass is 9.89. The van der Waals surface area contributed by atoms with E-state index >= 15 is 0 Å². The van der Waals surface area contributed by atoms with Crippen LogP contribution in [0.25, 0.3) is 0 Å². The third-order valence-electron chi connectivity index (χ3n) is 3.55. The van der Waals surface area contributed by atoms with Crippen LogP contribution in [0.2, 0.25) is 0 Å². The number of ether oxygens (including phenoxy) is 1. The molecule has 0 saturated carbocycles. The largest absolute Gasteiger partial charge is 0.376 e. The highest BCUT2D eigenvalue weighted by atomic mass is 32.2. The highest BCUT2D eigenvalue weighted by Gasteiger charge is 2.32. The zero-order chi connectivity index (χ0) is 15.3. The number of nitrogens with zero attached hydrogens (tertiary/aromatic N) is 1. The van der Waals surface area contributed by atoms with Gasteiger partial charge in [0.15, 0.2) is 0 Å². The van der Waals surface area contributed by atoms with Crippen LogP contribution in [0.3, 0.4) is 0 Å². The van der Waals surface area contributed by atoms with Gasteiger partial charge in [0.25, 0.3) is 0 Å². The molecule has 0 fully saturated rings. The Hall–Kier alpha value is -0.200. The fourth-order valence-electron chi connectivity index (χ4n) is 1.95. The SMILES string of the molecule is CCC(CO[C@@H](C)CF)CC(C)(C)N(C)S(C)(=O)=O. The second kappa shape index (κ2) is 7.55. The van der Waals surface area contributed by atoms with Crippen molar-refractivity contribution in [3.05, 3.63) is 0 Å². The first-order chi connectivity index (χ1) is 8.54. The summed E-state index contributed by atoms with van der Waals surface area (Å²) in [6.45, 7) is 7.49. The van der Waals surface area contributed by atoms with Crippen LogP contribution in [0.5, 0.6) is 0 Å². The van der Waals surface area contributed by atoms with E-state index in [9.17, 15) is 12.8 Å². The Morgan fingerprint density at radius 3 is 2.26 bits per heavy atom. The molecular weight excluding hydrogens is 269 g/mol. The predicted octanol–water partition coefficient (Wildman–Crippen LogP) is 2.45. The predicted molar refractivity (Wildman–Crippen MR) is 76.5 cm³/mol. The quantitative estimate of drug-likeness (QED) is 0.657. The molecule has 0 aromatic carbocycles. The third-order valence-corrected chi connectivity index (χ3v) is 5.04. The minimum Gasteiger partial charge on any atom is -0.376 e. The van der Waals surface area contributed by atoms with E-state index in [0.29, 0.717) is 13.0 Å². The number of alkyl halides is 1. The summed E-state index contributed by atoms with van der Waals surface area (Å²) in [5.74, 6) is 0.216. The van der Waals surface area contributed by atoms with E-state index in [1.807, 2.05) is 20.8 Å². The van der Waals surface area contributed by atoms with Crippen molar-refractivity contribution < 1.29 is 17.5 Å². The first-order valence-corrected chi connectivity index (χ1v) is 8.51. The standard InChI is InChI=1S/C13H28FNO3S/c1-7-12(10-18-11(2)9-14)8-13(3,4)15(5)19(6,16)17/h11-12H,7-10H2,1-6H3/t11-,12?/m0/s1. The minimum atomic E-state index is -3.22. The van der Waals surface area contributed by atoms with E-state index in [1.54, 1.807) is 14.0 Å². The number of sulfonamides is 1. The Morgan fingerprint density at radius 1 is 1.37 bits per heavy atom. The van der Waals surface area contributed by atoms with Gasteiger partial charge in [-0.1, -0.05) is 13.3 Å². The van der Waals surface area contributed by atoms with Crippen molar-refractivity contribution in [3.8, 4) is 0 Å². The summed E-state index contributed by atoms with van der Waals surface area (Å²) in [6, 6.07) is 0. The molecular formula is C13H28FNO3S. The molecule has 0 radical (unpaired) electrons. The number of rotatable bonds is 9. The monoisotopic (exact) mass is 297 g/mol. The van der Waals surface area contributed by atoms with Gasteiger partial charge in [-0.15, -0.1) is 0 Å². The Kier molecular flexibility index (Phi) is 7.47. The summed E-state index contributed by atoms with van der Waals surface area (Å²) >= 11 is 0. The fraction of sp³-hybridized carbons (Fsp3) is 1.00. The van der Waals surface area contributed by atoms with E-state index in [0.717, 1.165) is 6.42 Å². The zero-order valence-corrected chi connectivity index (χ0v) is 13.8. The summed E-state index contributed by atoms with van der Waals surface area (Å²) in [5.41, 5.74) is -0.476. The first-order valence-electron chi connectivity index (χ1n) is 6.66. The highest BCUT2D eigenvalue weighted by molar-refractivity contribution is 7.88. The lowest BCUT2D eigenvalue weighted by Crippen LogP contribution is -2.46. The molecule has 0 N–H and O–H groups in total. The molecule has 6 heteroatoms. The topological polar surface area (TPSA) is 46.6 Å². The lowest BCUT2D eigenvalue weighted by Gasteiger charge is -2.36. The van der Waals surface area contributed by atoms with Gasteiger partial charge in [0, 0.05) is 19.2 Å². The maximum Gasteiger partial charge on any atom is 0.211 e. The minimum absolute atomic E-state index is 0.216. The molecule has 0 aromatic rings. The van der Waals surface area contributed by atoms with Gasteiger partial charge in [-0.05, 0) is 33.1 Å². The van der Waals surface area contributed by atoms with E-state index in [-0.39, 0.29) is 5.92 Å². The highest BCUT2D eigenvalue weighted by Crippen LogP contribution is 2.26. The Morgan fingerprint density at radius 2 is 1.89 bits per heavy atom. The molecule has 0 aliphatic heterocycles. The second-order valence-corrected chi connectivity index (χ2v) is 7.83. The molecule has 4 nitrogen and oxygen atoms in total. The van der Waals surface area contributed by atoms with Crippen molar-refractivity contribution in [2.75, 3.05) is 26.6 Å². The van der Waals surface area contributed by atoms with Gasteiger partial charge < -0.3 is 4.74 Å². The molecule has 0 aromatic heterocycles. The van der Waals surface area contributed by atoms with Gasteiger partial charge in [0.2, 0.25) is 10.0 Å². The second-order valence-electron chi connectivity index (χ2n) is 5.82. The molecule has 0 bridgehead atoms. The molecule has 0 aliphatic rings. The summed E-state index contributed by atoms with van der Waals surface area (Å²) in [4.78, 5) is 0. The van der Waals surface area contributed by atoms with Crippen molar-refractivity contribution in [1.29, 1.82) is 0 Å². The van der Waals surface area contributed by atoms with Crippen molar-refractivity contribution in [1.82, 2.24) is 4.31 Å². The van der Waals surface area contributed by atoms with Crippen LogP contribution in [-0.2, 0) is 14.8 Å². The van der Waals surface area contributed by atoms with Gasteiger partial charge >= 0.3 is 0 Å². The van der Waals surface area contributed by atoms with Crippen molar-refractivity contribution in [2.24, 2.45) is 5.92 Å². The average Bonchev–Trinajstić information content (AvgIpc) is 2.31. The summed E-state index contributed by atoms with van der Waals surface area (Å²) in [6.07, 6.45) is 2.37. The van der Waals surface area contributed by atoms with Crippen LogP contribution < -0.4 is 0 Å². The van der Waals surface area contributed by atoms with Crippen molar-refractivity contribution in [2.45, 2.75) is 52.2 Å². The molecule has 0 spiro atoms. The average molecular weight is 297 g/mol. The molecule has 0 amide bonds. The van der Waals surface area contributed by atoms with Crippen LogP contribution in [0.4, 0.5) is 4.39 Å². The van der Waals surface area contributed by atoms with E-state index < -0.39 is 28.3 Å². The van der Waals surface area contributed by atoms with Crippen molar-refractivity contribution in [3.63, 3.8) is 0 Å². The van der Waals surface area contributed by atoms with Gasteiger partial charge in [-0.25, -0.2) is 12.8 Å². The van der Waals surface area contributed by atoms with Gasteiger partial charge in [0.05, 0.1) is 12.4 Å². The Labute approximate surface area is 117 Å². The lowest BCUT2D eigenvalue weighted by molar-refractivity contribution is 0.0149. The summed E-state index contributed by atoms with van der Waals surface area (Å²) in [7, 11) is -1.63. The molecule has 0 heterocycles. The third kappa shape index (κ3) is 6.68. The van der Waals surface area contributed by atoms with Crippen LogP contribution in [0.1, 0.15) is 40.5 Å². The van der Waals surface area contributed by atoms with Gasteiger partial charge in [0.1, 0.15) is 6.67 Å². The molecule has 0 aliphatic carbocycles. The number of hydrogen-bond acceptors (Lipinski definition) is 3.